The van der Waals surface area contributed by atoms with Crippen LogP contribution < -0.4 is 0 Å². The van der Waals surface area contributed by atoms with E-state index in [-0.39, 0.29) is 34.7 Å². The van der Waals surface area contributed by atoms with Gasteiger partial charge >= 0.3 is 0 Å². The van der Waals surface area contributed by atoms with Gasteiger partial charge in [-0.05, 0) is 31.2 Å². The van der Waals surface area contributed by atoms with E-state index in [0.29, 0.717) is 41.8 Å². The van der Waals surface area contributed by atoms with Gasteiger partial charge in [-0.2, -0.15) is 0 Å². The second-order valence-electron chi connectivity index (χ2n) is 8.69. The molecule has 2 heterocycles. The molecule has 4 rings (SSSR count). The maximum absolute atomic E-state index is 14.8. The molecule has 1 saturated heterocycles. The normalized spacial score (nSPS) is 15.9. The summed E-state index contributed by atoms with van der Waals surface area (Å²) >= 11 is 0. The Hall–Kier alpha value is -3.94. The van der Waals surface area contributed by atoms with Crippen LogP contribution in [0, 0.1) is 5.82 Å². The Labute approximate surface area is 197 Å². The summed E-state index contributed by atoms with van der Waals surface area (Å²) in [6.07, 6.45) is 1.51. The standard InChI is InChI=1S/C26H27FN4O3/c1-16-15-30(25(33)18-8-6-5-7-9-18)12-13-31(16)24(32)17(2)20-14-28-23-19(26(34)29(3)4)10-11-21(27)22(20)23/h5-11,14,16,28H,2,12-13,15H2,1,3-4H3/t16-/m1/s1. The number of fused-ring (bicyclic) bond motifs is 1. The average Bonchev–Trinajstić information content (AvgIpc) is 3.29. The highest BCUT2D eigenvalue weighted by Gasteiger charge is 2.32. The predicted molar refractivity (Wildman–Crippen MR) is 129 cm³/mol. The number of carbonyl (C=O) groups is 3. The lowest BCUT2D eigenvalue weighted by atomic mass is 10.0. The van der Waals surface area contributed by atoms with Gasteiger partial charge in [-0.25, -0.2) is 4.39 Å². The first-order valence-electron chi connectivity index (χ1n) is 11.1. The molecule has 34 heavy (non-hydrogen) atoms. The van der Waals surface area contributed by atoms with Crippen LogP contribution in [0.4, 0.5) is 4.39 Å². The molecule has 7 nitrogen and oxygen atoms in total. The number of nitrogens with one attached hydrogen (secondary N) is 1. The molecule has 0 saturated carbocycles. The number of aromatic nitrogens is 1. The van der Waals surface area contributed by atoms with Gasteiger partial charge in [-0.1, -0.05) is 24.8 Å². The maximum Gasteiger partial charge on any atom is 0.255 e. The van der Waals surface area contributed by atoms with Crippen LogP contribution >= 0.6 is 0 Å². The van der Waals surface area contributed by atoms with Crippen molar-refractivity contribution in [2.24, 2.45) is 0 Å². The van der Waals surface area contributed by atoms with Crippen molar-refractivity contribution in [3.05, 3.63) is 77.7 Å². The van der Waals surface area contributed by atoms with E-state index in [1.165, 1.54) is 23.2 Å². The SMILES string of the molecule is C=C(C(=O)N1CCN(C(=O)c2ccccc2)C[C@H]1C)c1c[nH]c2c(C(=O)N(C)C)ccc(F)c12. The van der Waals surface area contributed by atoms with Crippen molar-refractivity contribution < 1.29 is 18.8 Å². The number of H-pyrrole nitrogens is 1. The number of hydrogen-bond acceptors (Lipinski definition) is 3. The summed E-state index contributed by atoms with van der Waals surface area (Å²) in [5, 5.41) is 0.164. The van der Waals surface area contributed by atoms with Crippen molar-refractivity contribution in [1.82, 2.24) is 19.7 Å². The van der Waals surface area contributed by atoms with E-state index in [2.05, 4.69) is 11.6 Å². The molecule has 1 fully saturated rings. The number of benzene rings is 2. The molecule has 1 aliphatic rings. The van der Waals surface area contributed by atoms with Crippen molar-refractivity contribution in [3.63, 3.8) is 0 Å². The lowest BCUT2D eigenvalue weighted by Crippen LogP contribution is -2.55. The zero-order valence-electron chi connectivity index (χ0n) is 19.5. The molecule has 3 amide bonds. The van der Waals surface area contributed by atoms with Gasteiger partial charge in [0.25, 0.3) is 17.7 Å². The number of rotatable bonds is 4. The second kappa shape index (κ2) is 9.13. The Morgan fingerprint density at radius 1 is 1.06 bits per heavy atom. The van der Waals surface area contributed by atoms with E-state index in [1.807, 2.05) is 25.1 Å². The molecule has 8 heteroatoms. The van der Waals surface area contributed by atoms with Gasteiger partial charge in [0.2, 0.25) is 0 Å². The number of amides is 3. The Bertz CT molecular complexity index is 1280. The van der Waals surface area contributed by atoms with Gasteiger partial charge in [-0.3, -0.25) is 14.4 Å². The van der Waals surface area contributed by atoms with E-state index in [4.69, 9.17) is 0 Å². The minimum absolute atomic E-state index is 0.0739. The van der Waals surface area contributed by atoms with Gasteiger partial charge in [0, 0.05) is 68.1 Å². The van der Waals surface area contributed by atoms with Gasteiger partial charge in [0.1, 0.15) is 5.82 Å². The number of piperazine rings is 1. The second-order valence-corrected chi connectivity index (χ2v) is 8.69. The van der Waals surface area contributed by atoms with Crippen LogP contribution in [0.25, 0.3) is 16.5 Å². The minimum Gasteiger partial charge on any atom is -0.360 e. The quantitative estimate of drug-likeness (QED) is 0.604. The van der Waals surface area contributed by atoms with Gasteiger partial charge < -0.3 is 19.7 Å². The summed E-state index contributed by atoms with van der Waals surface area (Å²) in [5.74, 6) is -1.22. The zero-order valence-corrected chi connectivity index (χ0v) is 19.5. The summed E-state index contributed by atoms with van der Waals surface area (Å²) in [4.78, 5) is 46.4. The molecule has 1 N–H and O–H groups in total. The van der Waals surface area contributed by atoms with Crippen LogP contribution in [0.2, 0.25) is 0 Å². The third-order valence-corrected chi connectivity index (χ3v) is 6.20. The van der Waals surface area contributed by atoms with Crippen molar-refractivity contribution in [2.75, 3.05) is 33.7 Å². The maximum atomic E-state index is 14.8. The number of halogens is 1. The molecular weight excluding hydrogens is 435 g/mol. The topological polar surface area (TPSA) is 76.7 Å². The van der Waals surface area contributed by atoms with Crippen LogP contribution in [0.3, 0.4) is 0 Å². The van der Waals surface area contributed by atoms with E-state index in [0.717, 1.165) is 0 Å². The predicted octanol–water partition coefficient (Wildman–Crippen LogP) is 3.40. The Morgan fingerprint density at radius 3 is 2.41 bits per heavy atom. The molecule has 0 bridgehead atoms. The first-order valence-corrected chi connectivity index (χ1v) is 11.1. The molecule has 1 aliphatic heterocycles. The summed E-state index contributed by atoms with van der Waals surface area (Å²) < 4.78 is 14.8. The van der Waals surface area contributed by atoms with E-state index in [1.54, 1.807) is 36.0 Å². The smallest absolute Gasteiger partial charge is 0.255 e. The minimum atomic E-state index is -0.540. The highest BCUT2D eigenvalue weighted by atomic mass is 19.1. The molecule has 1 atom stereocenters. The molecule has 0 aliphatic carbocycles. The highest BCUT2D eigenvalue weighted by Crippen LogP contribution is 2.31. The fraction of sp³-hybridized carbons (Fsp3) is 0.269. The Balaban J connectivity index is 1.55. The fourth-order valence-corrected chi connectivity index (χ4v) is 4.36. The average molecular weight is 463 g/mol. The molecule has 0 radical (unpaired) electrons. The van der Waals surface area contributed by atoms with E-state index >= 15 is 0 Å². The third-order valence-electron chi connectivity index (χ3n) is 6.20. The van der Waals surface area contributed by atoms with Gasteiger partial charge in [0.15, 0.2) is 0 Å². The van der Waals surface area contributed by atoms with Crippen molar-refractivity contribution in [2.45, 2.75) is 13.0 Å². The lowest BCUT2D eigenvalue weighted by molar-refractivity contribution is -0.128. The molecule has 2 aromatic carbocycles. The summed E-state index contributed by atoms with van der Waals surface area (Å²) in [7, 11) is 3.24. The van der Waals surface area contributed by atoms with E-state index < -0.39 is 5.82 Å². The van der Waals surface area contributed by atoms with Crippen molar-refractivity contribution in [1.29, 1.82) is 0 Å². The summed E-state index contributed by atoms with van der Waals surface area (Å²) in [6, 6.07) is 11.4. The fourth-order valence-electron chi connectivity index (χ4n) is 4.36. The van der Waals surface area contributed by atoms with Gasteiger partial charge in [0.05, 0.1) is 11.1 Å². The number of nitrogens with zero attached hydrogens (tertiary/aromatic N) is 3. The number of hydrogen-bond donors (Lipinski definition) is 1. The number of aromatic amines is 1. The van der Waals surface area contributed by atoms with Crippen LogP contribution in [-0.2, 0) is 4.79 Å². The van der Waals surface area contributed by atoms with E-state index in [9.17, 15) is 18.8 Å². The summed E-state index contributed by atoms with van der Waals surface area (Å²) in [5.41, 5.74) is 1.70. The van der Waals surface area contributed by atoms with Crippen molar-refractivity contribution in [3.8, 4) is 0 Å². The monoisotopic (exact) mass is 462 g/mol. The third kappa shape index (κ3) is 4.07. The molecule has 0 unspecified atom stereocenters. The van der Waals surface area contributed by atoms with Crippen LogP contribution in [-0.4, -0.2) is 77.2 Å². The molecule has 1 aromatic heterocycles. The molecule has 176 valence electrons. The highest BCUT2D eigenvalue weighted by molar-refractivity contribution is 6.23. The first kappa shape index (κ1) is 23.2. The summed E-state index contributed by atoms with van der Waals surface area (Å²) in [6.45, 7) is 6.95. The largest absolute Gasteiger partial charge is 0.360 e. The lowest BCUT2D eigenvalue weighted by Gasteiger charge is -2.40. The van der Waals surface area contributed by atoms with Crippen LogP contribution in [0.1, 0.15) is 33.2 Å². The first-order chi connectivity index (χ1) is 16.2. The van der Waals surface area contributed by atoms with Crippen LogP contribution in [0.5, 0.6) is 0 Å². The zero-order chi connectivity index (χ0) is 24.6. The molecular formula is C26H27FN4O3. The number of carbonyl (C=O) groups excluding carboxylic acids is 3. The Morgan fingerprint density at radius 2 is 1.76 bits per heavy atom. The molecule has 3 aromatic rings. The van der Waals surface area contributed by atoms with Gasteiger partial charge in [-0.15, -0.1) is 0 Å². The van der Waals surface area contributed by atoms with Crippen molar-refractivity contribution >= 4 is 34.2 Å². The van der Waals surface area contributed by atoms with Crippen LogP contribution in [0.15, 0.2) is 55.2 Å². The Kier molecular flexibility index (Phi) is 6.24. The molecule has 0 spiro atoms.